The van der Waals surface area contributed by atoms with Crippen molar-refractivity contribution in [2.75, 3.05) is 19.7 Å². The molecule has 0 bridgehead atoms. The van der Waals surface area contributed by atoms with Gasteiger partial charge in [-0.3, -0.25) is 9.78 Å². The van der Waals surface area contributed by atoms with E-state index < -0.39 is 18.9 Å². The van der Waals surface area contributed by atoms with Crippen LogP contribution in [0.4, 0.5) is 8.78 Å². The number of para-hydroxylation sites is 1. The largest absolute Gasteiger partial charge is 0.395 e. The summed E-state index contributed by atoms with van der Waals surface area (Å²) in [6, 6.07) is 8.50. The number of benzene rings is 1. The lowest BCUT2D eigenvalue weighted by Crippen LogP contribution is -2.37. The molecule has 0 fully saturated rings. The smallest absolute Gasteiger partial charge is 0.255 e. The summed E-state index contributed by atoms with van der Waals surface area (Å²) in [4.78, 5) is 17.4. The second-order valence-electron chi connectivity index (χ2n) is 4.24. The van der Waals surface area contributed by atoms with Crippen molar-refractivity contribution in [1.82, 2.24) is 9.88 Å². The molecular weight excluding hydrogens is 266 g/mol. The van der Waals surface area contributed by atoms with Crippen LogP contribution in [-0.4, -0.2) is 47.0 Å². The second kappa shape index (κ2) is 6.38. The number of alkyl halides is 2. The van der Waals surface area contributed by atoms with Gasteiger partial charge in [0.1, 0.15) is 0 Å². The number of hydrogen-bond acceptors (Lipinski definition) is 3. The molecule has 6 heteroatoms. The van der Waals surface area contributed by atoms with E-state index >= 15 is 0 Å². The molecule has 0 saturated carbocycles. The number of aliphatic hydroxyl groups is 1. The Kier molecular flexibility index (Phi) is 4.57. The first kappa shape index (κ1) is 14.3. The highest BCUT2D eigenvalue weighted by atomic mass is 19.3. The second-order valence-corrected chi connectivity index (χ2v) is 4.24. The van der Waals surface area contributed by atoms with Crippen molar-refractivity contribution < 1.29 is 18.7 Å². The first-order chi connectivity index (χ1) is 9.63. The summed E-state index contributed by atoms with van der Waals surface area (Å²) in [5, 5.41) is 9.52. The number of halogens is 2. The third kappa shape index (κ3) is 3.08. The SMILES string of the molecule is O=C(c1ccnc2ccccc12)N(CCO)CC(F)F. The summed E-state index contributed by atoms with van der Waals surface area (Å²) in [5.74, 6) is -0.530. The molecule has 2 rings (SSSR count). The number of amides is 1. The Morgan fingerprint density at radius 3 is 2.75 bits per heavy atom. The van der Waals surface area contributed by atoms with Crippen LogP contribution in [0.25, 0.3) is 10.9 Å². The zero-order valence-corrected chi connectivity index (χ0v) is 10.7. The van der Waals surface area contributed by atoms with Crippen LogP contribution in [0.15, 0.2) is 36.5 Å². The lowest BCUT2D eigenvalue weighted by atomic mass is 10.1. The number of hydrogen-bond donors (Lipinski definition) is 1. The van der Waals surface area contributed by atoms with Crippen LogP contribution in [0.3, 0.4) is 0 Å². The van der Waals surface area contributed by atoms with Crippen LogP contribution in [0.2, 0.25) is 0 Å². The van der Waals surface area contributed by atoms with Gasteiger partial charge in [0, 0.05) is 18.1 Å². The Morgan fingerprint density at radius 1 is 1.30 bits per heavy atom. The van der Waals surface area contributed by atoms with Gasteiger partial charge in [-0.05, 0) is 12.1 Å². The van der Waals surface area contributed by atoms with Crippen molar-refractivity contribution in [3.8, 4) is 0 Å². The van der Waals surface area contributed by atoms with Gasteiger partial charge in [0.05, 0.1) is 24.2 Å². The molecule has 1 amide bonds. The minimum absolute atomic E-state index is 0.125. The lowest BCUT2D eigenvalue weighted by Gasteiger charge is -2.21. The molecule has 0 atom stereocenters. The van der Waals surface area contributed by atoms with Gasteiger partial charge in [-0.15, -0.1) is 0 Å². The molecule has 1 heterocycles. The standard InChI is InChI=1S/C14H14F2N2O2/c15-13(16)9-18(7-8-19)14(20)11-5-6-17-12-4-2-1-3-10(11)12/h1-6,13,19H,7-9H2. The number of carbonyl (C=O) groups excluding carboxylic acids is 1. The van der Waals surface area contributed by atoms with Crippen molar-refractivity contribution in [2.24, 2.45) is 0 Å². The van der Waals surface area contributed by atoms with E-state index in [1.165, 1.54) is 12.3 Å². The van der Waals surface area contributed by atoms with E-state index in [4.69, 9.17) is 5.11 Å². The van der Waals surface area contributed by atoms with E-state index in [2.05, 4.69) is 4.98 Å². The molecule has 0 aliphatic carbocycles. The van der Waals surface area contributed by atoms with Gasteiger partial charge >= 0.3 is 0 Å². The predicted octanol–water partition coefficient (Wildman–Crippen LogP) is 1.93. The predicted molar refractivity (Wildman–Crippen MR) is 70.7 cm³/mol. The van der Waals surface area contributed by atoms with Crippen LogP contribution >= 0.6 is 0 Å². The maximum absolute atomic E-state index is 12.5. The first-order valence-electron chi connectivity index (χ1n) is 6.15. The van der Waals surface area contributed by atoms with Crippen molar-refractivity contribution in [3.05, 3.63) is 42.1 Å². The first-order valence-corrected chi connectivity index (χ1v) is 6.15. The Bertz CT molecular complexity index is 599. The van der Waals surface area contributed by atoms with Gasteiger partial charge in [0.25, 0.3) is 12.3 Å². The van der Waals surface area contributed by atoms with E-state index in [-0.39, 0.29) is 13.2 Å². The van der Waals surface area contributed by atoms with Gasteiger partial charge in [0.15, 0.2) is 0 Å². The maximum atomic E-state index is 12.5. The van der Waals surface area contributed by atoms with E-state index in [0.29, 0.717) is 16.5 Å². The van der Waals surface area contributed by atoms with Gasteiger partial charge in [-0.1, -0.05) is 18.2 Å². The van der Waals surface area contributed by atoms with Crippen molar-refractivity contribution in [2.45, 2.75) is 6.43 Å². The summed E-state index contributed by atoms with van der Waals surface area (Å²) in [5.41, 5.74) is 0.934. The molecule has 106 valence electrons. The Balaban J connectivity index is 2.38. The molecule has 20 heavy (non-hydrogen) atoms. The van der Waals surface area contributed by atoms with Gasteiger partial charge in [0.2, 0.25) is 0 Å². The van der Waals surface area contributed by atoms with Crippen molar-refractivity contribution in [3.63, 3.8) is 0 Å². The van der Waals surface area contributed by atoms with Crippen LogP contribution < -0.4 is 0 Å². The highest BCUT2D eigenvalue weighted by molar-refractivity contribution is 6.05. The molecule has 2 aromatic rings. The normalized spacial score (nSPS) is 11.0. The average molecular weight is 280 g/mol. The maximum Gasteiger partial charge on any atom is 0.255 e. The molecule has 0 radical (unpaired) electrons. The lowest BCUT2D eigenvalue weighted by molar-refractivity contribution is 0.0511. The zero-order chi connectivity index (χ0) is 14.5. The molecule has 1 N–H and O–H groups in total. The quantitative estimate of drug-likeness (QED) is 0.910. The fourth-order valence-corrected chi connectivity index (χ4v) is 2.02. The molecule has 4 nitrogen and oxygen atoms in total. The summed E-state index contributed by atoms with van der Waals surface area (Å²) < 4.78 is 25.0. The third-order valence-corrected chi connectivity index (χ3v) is 2.89. The van der Waals surface area contributed by atoms with Crippen LogP contribution in [0.1, 0.15) is 10.4 Å². The van der Waals surface area contributed by atoms with E-state index in [0.717, 1.165) is 4.90 Å². The molecule has 0 spiro atoms. The molecule has 0 unspecified atom stereocenters. The monoisotopic (exact) mass is 280 g/mol. The molecule has 1 aromatic heterocycles. The van der Waals surface area contributed by atoms with Gasteiger partial charge < -0.3 is 10.0 Å². The summed E-state index contributed by atoms with van der Waals surface area (Å²) in [6.07, 6.45) is -1.17. The number of aliphatic hydroxyl groups excluding tert-OH is 1. The van der Waals surface area contributed by atoms with Gasteiger partial charge in [-0.25, -0.2) is 8.78 Å². The summed E-state index contributed by atoms with van der Waals surface area (Å²) in [6.45, 7) is -1.18. The van der Waals surface area contributed by atoms with Crippen molar-refractivity contribution >= 4 is 16.8 Å². The summed E-state index contributed by atoms with van der Waals surface area (Å²) >= 11 is 0. The molecule has 0 saturated heterocycles. The Labute approximate surface area is 114 Å². The number of nitrogens with zero attached hydrogens (tertiary/aromatic N) is 2. The highest BCUT2D eigenvalue weighted by Gasteiger charge is 2.21. The van der Waals surface area contributed by atoms with Crippen LogP contribution in [0, 0.1) is 0 Å². The molecule has 0 aliphatic heterocycles. The van der Waals surface area contributed by atoms with E-state index in [1.807, 2.05) is 0 Å². The van der Waals surface area contributed by atoms with Crippen LogP contribution in [0.5, 0.6) is 0 Å². The van der Waals surface area contributed by atoms with Crippen molar-refractivity contribution in [1.29, 1.82) is 0 Å². The number of rotatable bonds is 5. The minimum atomic E-state index is -2.64. The number of fused-ring (bicyclic) bond motifs is 1. The van der Waals surface area contributed by atoms with Gasteiger partial charge in [-0.2, -0.15) is 0 Å². The third-order valence-electron chi connectivity index (χ3n) is 2.89. The molecular formula is C14H14F2N2O2. The van der Waals surface area contributed by atoms with E-state index in [1.54, 1.807) is 24.3 Å². The number of aromatic nitrogens is 1. The highest BCUT2D eigenvalue weighted by Crippen LogP contribution is 2.18. The van der Waals surface area contributed by atoms with E-state index in [9.17, 15) is 13.6 Å². The Hall–Kier alpha value is -2.08. The number of pyridine rings is 1. The zero-order valence-electron chi connectivity index (χ0n) is 10.7. The summed E-state index contributed by atoms with van der Waals surface area (Å²) in [7, 11) is 0. The van der Waals surface area contributed by atoms with Crippen LogP contribution in [-0.2, 0) is 0 Å². The fraction of sp³-hybridized carbons (Fsp3) is 0.286. The minimum Gasteiger partial charge on any atom is -0.395 e. The topological polar surface area (TPSA) is 53.4 Å². The fourth-order valence-electron chi connectivity index (χ4n) is 2.02. The number of carbonyl (C=O) groups is 1. The average Bonchev–Trinajstić information content (AvgIpc) is 2.45. The Morgan fingerprint density at radius 2 is 2.05 bits per heavy atom. The molecule has 1 aromatic carbocycles. The molecule has 0 aliphatic rings.